The van der Waals surface area contributed by atoms with Crippen molar-refractivity contribution in [3.63, 3.8) is 0 Å². The van der Waals surface area contributed by atoms with E-state index in [0.717, 1.165) is 0 Å². The van der Waals surface area contributed by atoms with E-state index in [2.05, 4.69) is 0 Å². The first-order valence-corrected chi connectivity index (χ1v) is 7.10. The molecule has 2 N–H and O–H groups in total. The van der Waals surface area contributed by atoms with Crippen LogP contribution in [0.4, 0.5) is 0 Å². The van der Waals surface area contributed by atoms with Crippen molar-refractivity contribution < 1.29 is 24.5 Å². The molecule has 2 aliphatic heterocycles. The van der Waals surface area contributed by atoms with Crippen LogP contribution in [0.15, 0.2) is 0 Å². The number of carbonyl (C=O) groups is 2. The van der Waals surface area contributed by atoms with Crippen molar-refractivity contribution in [1.82, 2.24) is 4.90 Å². The summed E-state index contributed by atoms with van der Waals surface area (Å²) in [6.07, 6.45) is 1.65. The number of nitrogens with zero attached hydrogens (tertiary/aromatic N) is 1. The Hall–Kier alpha value is -1.14. The van der Waals surface area contributed by atoms with Gasteiger partial charge in [0.25, 0.3) is 5.91 Å². The molecular weight excluding hydrogens is 262 g/mol. The molecule has 1 amide bonds. The van der Waals surface area contributed by atoms with Crippen molar-refractivity contribution in [2.75, 3.05) is 26.3 Å². The van der Waals surface area contributed by atoms with Gasteiger partial charge in [-0.3, -0.25) is 9.59 Å². The lowest BCUT2D eigenvalue weighted by Crippen LogP contribution is -2.53. The van der Waals surface area contributed by atoms with Gasteiger partial charge in [0.2, 0.25) is 0 Å². The zero-order valence-corrected chi connectivity index (χ0v) is 12.1. The number of carbonyl (C=O) groups excluding carboxylic acids is 1. The van der Waals surface area contributed by atoms with E-state index in [1.807, 2.05) is 0 Å². The van der Waals surface area contributed by atoms with Gasteiger partial charge in [-0.2, -0.15) is 0 Å². The fourth-order valence-electron chi connectivity index (χ4n) is 3.00. The normalized spacial score (nSPS) is 28.6. The lowest BCUT2D eigenvalue weighted by molar-refractivity contribution is -0.156. The Bertz CT molecular complexity index is 392. The van der Waals surface area contributed by atoms with Crippen LogP contribution in [-0.4, -0.2) is 58.9 Å². The molecule has 0 aromatic carbocycles. The molecule has 0 bridgehead atoms. The minimum absolute atomic E-state index is 0.0542. The van der Waals surface area contributed by atoms with E-state index in [4.69, 9.17) is 4.74 Å². The molecule has 1 unspecified atom stereocenters. The first-order chi connectivity index (χ1) is 9.27. The van der Waals surface area contributed by atoms with Crippen LogP contribution < -0.4 is 0 Å². The quantitative estimate of drug-likeness (QED) is 0.788. The second-order valence-electron chi connectivity index (χ2n) is 6.43. The van der Waals surface area contributed by atoms with Crippen LogP contribution in [0.3, 0.4) is 0 Å². The van der Waals surface area contributed by atoms with Gasteiger partial charge in [0.15, 0.2) is 5.60 Å². The summed E-state index contributed by atoms with van der Waals surface area (Å²) in [6, 6.07) is 0. The molecule has 2 aliphatic rings. The molecule has 20 heavy (non-hydrogen) atoms. The third-order valence-electron chi connectivity index (χ3n) is 4.75. The summed E-state index contributed by atoms with van der Waals surface area (Å²) >= 11 is 0. The highest BCUT2D eigenvalue weighted by atomic mass is 16.5. The van der Waals surface area contributed by atoms with E-state index in [1.54, 1.807) is 18.7 Å². The summed E-state index contributed by atoms with van der Waals surface area (Å²) in [7, 11) is 0. The second kappa shape index (κ2) is 5.33. The van der Waals surface area contributed by atoms with Gasteiger partial charge in [-0.05, 0) is 32.6 Å². The van der Waals surface area contributed by atoms with Crippen LogP contribution in [0, 0.1) is 11.3 Å². The van der Waals surface area contributed by atoms with Crippen LogP contribution in [0.2, 0.25) is 0 Å². The number of carboxylic acid groups (broad SMARTS) is 1. The zero-order valence-electron chi connectivity index (χ0n) is 12.1. The van der Waals surface area contributed by atoms with Crippen LogP contribution in [0.25, 0.3) is 0 Å². The molecule has 114 valence electrons. The highest BCUT2D eigenvalue weighted by Gasteiger charge is 2.45. The minimum atomic E-state index is -1.38. The monoisotopic (exact) mass is 285 g/mol. The number of hydrogen-bond donors (Lipinski definition) is 2. The number of rotatable bonds is 3. The van der Waals surface area contributed by atoms with Crippen molar-refractivity contribution in [3.05, 3.63) is 0 Å². The lowest BCUT2D eigenvalue weighted by Gasteiger charge is -2.40. The number of aliphatic carboxylic acids is 1. The maximum Gasteiger partial charge on any atom is 0.309 e. The number of piperidine rings is 1. The van der Waals surface area contributed by atoms with Crippen molar-refractivity contribution in [3.8, 4) is 0 Å². The summed E-state index contributed by atoms with van der Waals surface area (Å²) in [6.45, 7) is 4.94. The van der Waals surface area contributed by atoms with E-state index < -0.39 is 17.0 Å². The SMILES string of the molecule is CC(C)(C(=O)O)C1CCN(C(=O)C2(O)CCOC2)CC1. The van der Waals surface area contributed by atoms with Gasteiger partial charge in [-0.1, -0.05) is 0 Å². The Kier molecular flexibility index (Phi) is 4.07. The Labute approximate surface area is 118 Å². The van der Waals surface area contributed by atoms with Crippen molar-refractivity contribution in [2.45, 2.75) is 38.7 Å². The van der Waals surface area contributed by atoms with Crippen LogP contribution in [0.1, 0.15) is 33.1 Å². The van der Waals surface area contributed by atoms with Gasteiger partial charge >= 0.3 is 5.97 Å². The first-order valence-electron chi connectivity index (χ1n) is 7.10. The Balaban J connectivity index is 1.94. The molecule has 0 aromatic heterocycles. The van der Waals surface area contributed by atoms with Gasteiger partial charge in [0.1, 0.15) is 0 Å². The molecular formula is C14H23NO5. The molecule has 6 heteroatoms. The average molecular weight is 285 g/mol. The Morgan fingerprint density at radius 3 is 2.35 bits per heavy atom. The third-order valence-corrected chi connectivity index (χ3v) is 4.75. The fraction of sp³-hybridized carbons (Fsp3) is 0.857. The summed E-state index contributed by atoms with van der Waals surface area (Å²) in [5.74, 6) is -1.02. The standard InChI is InChI=1S/C14H23NO5/c1-13(2,12(17)18)10-3-6-15(7-4-10)11(16)14(19)5-8-20-9-14/h10,19H,3-9H2,1-2H3,(H,17,18). The predicted octanol–water partition coefficient (Wildman–Crippen LogP) is 0.487. The minimum Gasteiger partial charge on any atom is -0.481 e. The molecule has 0 aliphatic carbocycles. The molecule has 0 aromatic rings. The van der Waals surface area contributed by atoms with Gasteiger partial charge in [-0.15, -0.1) is 0 Å². The maximum atomic E-state index is 12.3. The first kappa shape index (κ1) is 15.3. The summed E-state index contributed by atoms with van der Waals surface area (Å²) < 4.78 is 5.10. The van der Waals surface area contributed by atoms with Crippen LogP contribution in [-0.2, 0) is 14.3 Å². The molecule has 6 nitrogen and oxygen atoms in total. The molecule has 2 heterocycles. The molecule has 0 spiro atoms. The third kappa shape index (κ3) is 2.67. The Morgan fingerprint density at radius 2 is 1.90 bits per heavy atom. The molecule has 1 atom stereocenters. The van der Waals surface area contributed by atoms with Gasteiger partial charge < -0.3 is 19.8 Å². The van der Waals surface area contributed by atoms with E-state index in [1.165, 1.54) is 0 Å². The fourth-order valence-corrected chi connectivity index (χ4v) is 3.00. The van der Waals surface area contributed by atoms with Crippen molar-refractivity contribution in [2.24, 2.45) is 11.3 Å². The van der Waals surface area contributed by atoms with E-state index in [9.17, 15) is 19.8 Å². The smallest absolute Gasteiger partial charge is 0.309 e. The molecule has 0 radical (unpaired) electrons. The largest absolute Gasteiger partial charge is 0.481 e. The van der Waals surface area contributed by atoms with E-state index in [0.29, 0.717) is 39.0 Å². The van der Waals surface area contributed by atoms with E-state index >= 15 is 0 Å². The van der Waals surface area contributed by atoms with Crippen molar-refractivity contribution in [1.29, 1.82) is 0 Å². The number of carboxylic acids is 1. The lowest BCUT2D eigenvalue weighted by atomic mass is 9.73. The van der Waals surface area contributed by atoms with Gasteiger partial charge in [-0.25, -0.2) is 0 Å². The highest BCUT2D eigenvalue weighted by Crippen LogP contribution is 2.36. The zero-order chi connectivity index (χ0) is 15.0. The van der Waals surface area contributed by atoms with Crippen molar-refractivity contribution >= 4 is 11.9 Å². The Morgan fingerprint density at radius 1 is 1.30 bits per heavy atom. The predicted molar refractivity (Wildman–Crippen MR) is 71.1 cm³/mol. The number of aliphatic hydroxyl groups is 1. The molecule has 0 saturated carbocycles. The van der Waals surface area contributed by atoms with Gasteiger partial charge in [0, 0.05) is 19.5 Å². The molecule has 2 fully saturated rings. The summed E-state index contributed by atoms with van der Waals surface area (Å²) in [5.41, 5.74) is -2.16. The van der Waals surface area contributed by atoms with Crippen LogP contribution >= 0.6 is 0 Å². The highest BCUT2D eigenvalue weighted by molar-refractivity contribution is 5.85. The summed E-state index contributed by atoms with van der Waals surface area (Å²) in [5, 5.41) is 19.5. The average Bonchev–Trinajstić information content (AvgIpc) is 2.86. The molecule has 2 rings (SSSR count). The number of amides is 1. The number of hydrogen-bond acceptors (Lipinski definition) is 4. The number of ether oxygens (including phenoxy) is 1. The topological polar surface area (TPSA) is 87.1 Å². The van der Waals surface area contributed by atoms with Gasteiger partial charge in [0.05, 0.1) is 18.6 Å². The summed E-state index contributed by atoms with van der Waals surface area (Å²) in [4.78, 5) is 25.2. The second-order valence-corrected chi connectivity index (χ2v) is 6.43. The van der Waals surface area contributed by atoms with Crippen LogP contribution in [0.5, 0.6) is 0 Å². The maximum absolute atomic E-state index is 12.3. The van der Waals surface area contributed by atoms with E-state index in [-0.39, 0.29) is 18.4 Å². The molecule has 2 saturated heterocycles. The number of likely N-dealkylation sites (tertiary alicyclic amines) is 1.